The van der Waals surface area contributed by atoms with Crippen LogP contribution in [0.1, 0.15) is 31.2 Å². The minimum absolute atomic E-state index is 0.702. The topological polar surface area (TPSA) is 63.0 Å². The van der Waals surface area contributed by atoms with Gasteiger partial charge in [0.05, 0.1) is 5.69 Å². The van der Waals surface area contributed by atoms with Crippen molar-refractivity contribution < 1.29 is 0 Å². The van der Waals surface area contributed by atoms with E-state index in [2.05, 4.69) is 57.2 Å². The molecule has 0 N–H and O–H groups in total. The zero-order valence-electron chi connectivity index (χ0n) is 20.2. The maximum atomic E-state index is 4.91. The van der Waals surface area contributed by atoms with Crippen LogP contribution in [0.5, 0.6) is 0 Å². The van der Waals surface area contributed by atoms with Crippen molar-refractivity contribution in [2.45, 2.75) is 38.8 Å². The standard InChI is InChI=1S/C28H31N7/c1-2-35-20-25(28(32-35)22-4-3-12-29-19-22)26-11-13-30-27(31-26)18-21-5-7-23(8-6-21)33-14-16-34(17-15-33)24-9-10-24/h3-8,11-13,19-20,24H,2,9-10,14-18H2,1H3. The molecule has 7 heteroatoms. The molecule has 0 atom stereocenters. The Hall–Kier alpha value is -3.58. The van der Waals surface area contributed by atoms with E-state index in [1.165, 1.54) is 37.2 Å². The molecule has 4 aromatic rings. The van der Waals surface area contributed by atoms with E-state index in [0.29, 0.717) is 6.42 Å². The number of hydrogen-bond acceptors (Lipinski definition) is 6. The molecule has 0 unspecified atom stereocenters. The van der Waals surface area contributed by atoms with Crippen molar-refractivity contribution in [3.8, 4) is 22.5 Å². The number of benzene rings is 1. The van der Waals surface area contributed by atoms with Crippen LogP contribution in [0.15, 0.2) is 67.3 Å². The number of piperazine rings is 1. The minimum Gasteiger partial charge on any atom is -0.369 e. The number of hydrogen-bond donors (Lipinski definition) is 0. The van der Waals surface area contributed by atoms with Crippen molar-refractivity contribution in [2.75, 3.05) is 31.1 Å². The smallest absolute Gasteiger partial charge is 0.133 e. The molecule has 2 aliphatic rings. The fourth-order valence-electron chi connectivity index (χ4n) is 4.91. The summed E-state index contributed by atoms with van der Waals surface area (Å²) in [6.07, 6.45) is 11.0. The summed E-state index contributed by atoms with van der Waals surface area (Å²) in [6, 6.07) is 15.7. The molecule has 0 spiro atoms. The third-order valence-corrected chi connectivity index (χ3v) is 7.04. The predicted octanol–water partition coefficient (Wildman–Crippen LogP) is 4.30. The number of rotatable bonds is 7. The lowest BCUT2D eigenvalue weighted by atomic mass is 10.1. The fraction of sp³-hybridized carbons (Fsp3) is 0.357. The van der Waals surface area contributed by atoms with Crippen LogP contribution in [-0.2, 0) is 13.0 Å². The summed E-state index contributed by atoms with van der Waals surface area (Å²) in [7, 11) is 0. The van der Waals surface area contributed by atoms with Crippen LogP contribution in [-0.4, -0.2) is 61.9 Å². The van der Waals surface area contributed by atoms with Gasteiger partial charge in [0.15, 0.2) is 0 Å². The molecule has 0 bridgehead atoms. The maximum absolute atomic E-state index is 4.91. The highest BCUT2D eigenvalue weighted by molar-refractivity contribution is 5.78. The van der Waals surface area contributed by atoms with Crippen molar-refractivity contribution in [1.29, 1.82) is 0 Å². The molecule has 4 heterocycles. The van der Waals surface area contributed by atoms with E-state index in [9.17, 15) is 0 Å². The molecule has 178 valence electrons. The molecule has 1 aromatic carbocycles. The third kappa shape index (κ3) is 4.82. The highest BCUT2D eigenvalue weighted by Gasteiger charge is 2.31. The van der Waals surface area contributed by atoms with Gasteiger partial charge >= 0.3 is 0 Å². The Kier molecular flexibility index (Phi) is 6.00. The molecule has 3 aromatic heterocycles. The summed E-state index contributed by atoms with van der Waals surface area (Å²) in [4.78, 5) is 18.9. The lowest BCUT2D eigenvalue weighted by Gasteiger charge is -2.36. The van der Waals surface area contributed by atoms with Gasteiger partial charge in [0.25, 0.3) is 0 Å². The van der Waals surface area contributed by atoms with Gasteiger partial charge < -0.3 is 4.90 Å². The molecule has 2 fully saturated rings. The molecule has 1 saturated carbocycles. The second-order valence-corrected chi connectivity index (χ2v) is 9.44. The van der Waals surface area contributed by atoms with E-state index in [0.717, 1.165) is 54.0 Å². The fourth-order valence-corrected chi connectivity index (χ4v) is 4.91. The highest BCUT2D eigenvalue weighted by atomic mass is 15.3. The Morgan fingerprint density at radius 1 is 0.943 bits per heavy atom. The summed E-state index contributed by atoms with van der Waals surface area (Å²) < 4.78 is 1.95. The Morgan fingerprint density at radius 3 is 2.49 bits per heavy atom. The van der Waals surface area contributed by atoms with Gasteiger partial charge in [0.2, 0.25) is 0 Å². The van der Waals surface area contributed by atoms with Crippen molar-refractivity contribution in [2.24, 2.45) is 0 Å². The van der Waals surface area contributed by atoms with Gasteiger partial charge in [-0.15, -0.1) is 0 Å². The van der Waals surface area contributed by atoms with Crippen LogP contribution in [0, 0.1) is 0 Å². The SMILES string of the molecule is CCn1cc(-c2ccnc(Cc3ccc(N4CCN(C5CC5)CC4)cc3)n2)c(-c2cccnc2)n1. The van der Waals surface area contributed by atoms with Gasteiger partial charge in [-0.3, -0.25) is 14.6 Å². The van der Waals surface area contributed by atoms with Crippen LogP contribution >= 0.6 is 0 Å². The summed E-state index contributed by atoms with van der Waals surface area (Å²) in [5, 5.41) is 4.77. The van der Waals surface area contributed by atoms with E-state index in [1.54, 1.807) is 6.20 Å². The molecule has 1 aliphatic heterocycles. The average molecular weight is 466 g/mol. The first kappa shape index (κ1) is 21.9. The highest BCUT2D eigenvalue weighted by Crippen LogP contribution is 2.30. The quantitative estimate of drug-likeness (QED) is 0.406. The van der Waals surface area contributed by atoms with Gasteiger partial charge in [-0.25, -0.2) is 9.97 Å². The molecular weight excluding hydrogens is 434 g/mol. The molecule has 1 saturated heterocycles. The van der Waals surface area contributed by atoms with Gasteiger partial charge in [-0.05, 0) is 55.7 Å². The van der Waals surface area contributed by atoms with Gasteiger partial charge in [0.1, 0.15) is 11.5 Å². The van der Waals surface area contributed by atoms with E-state index in [4.69, 9.17) is 10.1 Å². The van der Waals surface area contributed by atoms with Crippen molar-refractivity contribution >= 4 is 5.69 Å². The maximum Gasteiger partial charge on any atom is 0.133 e. The number of aromatic nitrogens is 5. The van der Waals surface area contributed by atoms with Crippen LogP contribution < -0.4 is 4.90 Å². The summed E-state index contributed by atoms with van der Waals surface area (Å²) in [6.45, 7) is 7.49. The monoisotopic (exact) mass is 465 g/mol. The van der Waals surface area contributed by atoms with Crippen molar-refractivity contribution in [3.05, 3.63) is 78.6 Å². The van der Waals surface area contributed by atoms with E-state index >= 15 is 0 Å². The number of aryl methyl sites for hydroxylation is 1. The average Bonchev–Trinajstić information content (AvgIpc) is 3.68. The van der Waals surface area contributed by atoms with Crippen molar-refractivity contribution in [3.63, 3.8) is 0 Å². The number of anilines is 1. The second-order valence-electron chi connectivity index (χ2n) is 9.44. The molecule has 7 nitrogen and oxygen atoms in total. The van der Waals surface area contributed by atoms with Gasteiger partial charge in [-0.1, -0.05) is 12.1 Å². The predicted molar refractivity (Wildman–Crippen MR) is 138 cm³/mol. The molecule has 6 rings (SSSR count). The van der Waals surface area contributed by atoms with Crippen LogP contribution in [0.25, 0.3) is 22.5 Å². The Labute approximate surface area is 206 Å². The Bertz CT molecular complexity index is 1270. The summed E-state index contributed by atoms with van der Waals surface area (Å²) in [5.74, 6) is 0.815. The first-order valence-electron chi connectivity index (χ1n) is 12.6. The minimum atomic E-state index is 0.702. The van der Waals surface area contributed by atoms with E-state index in [1.807, 2.05) is 35.3 Å². The van der Waals surface area contributed by atoms with E-state index in [-0.39, 0.29) is 0 Å². The van der Waals surface area contributed by atoms with Gasteiger partial charge in [0, 0.05) is 86.8 Å². The molecular formula is C28H31N7. The molecule has 35 heavy (non-hydrogen) atoms. The third-order valence-electron chi connectivity index (χ3n) is 7.04. The first-order chi connectivity index (χ1) is 17.3. The number of nitrogens with zero attached hydrogens (tertiary/aromatic N) is 7. The van der Waals surface area contributed by atoms with Crippen molar-refractivity contribution in [1.82, 2.24) is 29.6 Å². The normalized spacial score (nSPS) is 16.5. The first-order valence-corrected chi connectivity index (χ1v) is 12.6. The second kappa shape index (κ2) is 9.58. The Morgan fingerprint density at radius 2 is 1.77 bits per heavy atom. The zero-order valence-corrected chi connectivity index (χ0v) is 20.2. The van der Waals surface area contributed by atoms with Crippen LogP contribution in [0.4, 0.5) is 5.69 Å². The van der Waals surface area contributed by atoms with Crippen LogP contribution in [0.3, 0.4) is 0 Å². The molecule has 0 amide bonds. The molecule has 1 aliphatic carbocycles. The van der Waals surface area contributed by atoms with Gasteiger partial charge in [-0.2, -0.15) is 5.10 Å². The lowest BCUT2D eigenvalue weighted by Crippen LogP contribution is -2.47. The van der Waals surface area contributed by atoms with Crippen LogP contribution in [0.2, 0.25) is 0 Å². The Balaban J connectivity index is 1.18. The number of pyridine rings is 1. The lowest BCUT2D eigenvalue weighted by molar-refractivity contribution is 0.248. The zero-order chi connectivity index (χ0) is 23.6. The van der Waals surface area contributed by atoms with E-state index < -0.39 is 0 Å². The molecule has 0 radical (unpaired) electrons. The largest absolute Gasteiger partial charge is 0.369 e. The summed E-state index contributed by atoms with van der Waals surface area (Å²) in [5.41, 5.74) is 6.31. The summed E-state index contributed by atoms with van der Waals surface area (Å²) >= 11 is 0.